The van der Waals surface area contributed by atoms with Crippen LogP contribution in [0, 0.1) is 6.92 Å². The van der Waals surface area contributed by atoms with E-state index in [9.17, 15) is 14.7 Å². The molecule has 1 aliphatic rings. The number of hydrogen-bond donors (Lipinski definition) is 2. The summed E-state index contributed by atoms with van der Waals surface area (Å²) in [6, 6.07) is 0. The van der Waals surface area contributed by atoms with E-state index in [-0.39, 0.29) is 12.0 Å². The molecule has 0 aromatic carbocycles. The highest BCUT2D eigenvalue weighted by molar-refractivity contribution is 7.13. The van der Waals surface area contributed by atoms with Crippen LogP contribution in [-0.2, 0) is 9.53 Å². The standard InChI is InChI=1S/C14H20N2O4S/c1-8-10(21-12(15-8)9(2)20-3)11(17)16-14(13(18)19)6-4-5-7-14/h9H,4-7H2,1-3H3,(H,16,17)(H,18,19)/t9-/m0/s1. The number of aromatic nitrogens is 1. The quantitative estimate of drug-likeness (QED) is 0.871. The molecule has 1 aromatic rings. The van der Waals surface area contributed by atoms with Gasteiger partial charge in [0.2, 0.25) is 0 Å². The van der Waals surface area contributed by atoms with Crippen LogP contribution in [0.5, 0.6) is 0 Å². The van der Waals surface area contributed by atoms with E-state index in [2.05, 4.69) is 10.3 Å². The Morgan fingerprint density at radius 2 is 2.05 bits per heavy atom. The van der Waals surface area contributed by atoms with E-state index in [0.29, 0.717) is 23.4 Å². The number of carboxylic acid groups (broad SMARTS) is 1. The average molecular weight is 312 g/mol. The Bertz CT molecular complexity index is 549. The number of thiazole rings is 1. The van der Waals surface area contributed by atoms with E-state index in [1.165, 1.54) is 11.3 Å². The van der Waals surface area contributed by atoms with Gasteiger partial charge in [-0.1, -0.05) is 12.8 Å². The number of hydrogen-bond acceptors (Lipinski definition) is 5. The normalized spacial score (nSPS) is 18.4. The van der Waals surface area contributed by atoms with E-state index in [1.807, 2.05) is 6.92 Å². The number of carbonyl (C=O) groups is 2. The molecular weight excluding hydrogens is 292 g/mol. The van der Waals surface area contributed by atoms with Crippen LogP contribution in [0.25, 0.3) is 0 Å². The number of carbonyl (C=O) groups excluding carboxylic acids is 1. The van der Waals surface area contributed by atoms with Crippen LogP contribution < -0.4 is 5.32 Å². The molecule has 1 aromatic heterocycles. The molecule has 2 N–H and O–H groups in total. The minimum atomic E-state index is -1.12. The molecule has 0 bridgehead atoms. The Balaban J connectivity index is 2.20. The largest absolute Gasteiger partial charge is 0.480 e. The minimum Gasteiger partial charge on any atom is -0.480 e. The maximum atomic E-state index is 12.4. The second-order valence-corrected chi connectivity index (χ2v) is 6.42. The molecule has 1 amide bonds. The van der Waals surface area contributed by atoms with Gasteiger partial charge in [0.05, 0.1) is 5.69 Å². The Hall–Kier alpha value is -1.47. The lowest BCUT2D eigenvalue weighted by atomic mass is 9.98. The lowest BCUT2D eigenvalue weighted by Crippen LogP contribution is -2.52. The maximum absolute atomic E-state index is 12.4. The molecule has 1 fully saturated rings. The summed E-state index contributed by atoms with van der Waals surface area (Å²) >= 11 is 1.25. The molecule has 0 radical (unpaired) electrons. The highest BCUT2D eigenvalue weighted by atomic mass is 32.1. The van der Waals surface area contributed by atoms with E-state index >= 15 is 0 Å². The Labute approximate surface area is 127 Å². The number of rotatable bonds is 5. The predicted molar refractivity (Wildman–Crippen MR) is 78.6 cm³/mol. The van der Waals surface area contributed by atoms with E-state index < -0.39 is 11.5 Å². The summed E-state index contributed by atoms with van der Waals surface area (Å²) in [7, 11) is 1.58. The van der Waals surface area contributed by atoms with Crippen LogP contribution in [0.15, 0.2) is 0 Å². The smallest absolute Gasteiger partial charge is 0.329 e. The van der Waals surface area contributed by atoms with Gasteiger partial charge in [0, 0.05) is 7.11 Å². The molecule has 1 heterocycles. The number of amides is 1. The average Bonchev–Trinajstić information content (AvgIpc) is 3.05. The number of ether oxygens (including phenoxy) is 1. The third-order valence-corrected chi connectivity index (χ3v) is 5.26. The first-order valence-corrected chi connectivity index (χ1v) is 7.77. The van der Waals surface area contributed by atoms with Crippen molar-refractivity contribution in [3.63, 3.8) is 0 Å². The molecule has 6 nitrogen and oxygen atoms in total. The van der Waals surface area contributed by atoms with E-state index in [0.717, 1.165) is 17.8 Å². The van der Waals surface area contributed by atoms with Crippen LogP contribution in [0.2, 0.25) is 0 Å². The number of aliphatic carboxylic acids is 1. The Morgan fingerprint density at radius 1 is 1.43 bits per heavy atom. The van der Waals surface area contributed by atoms with Gasteiger partial charge in [-0.2, -0.15) is 0 Å². The summed E-state index contributed by atoms with van der Waals surface area (Å²) < 4.78 is 5.20. The van der Waals surface area contributed by atoms with Crippen LogP contribution in [0.3, 0.4) is 0 Å². The number of carboxylic acids is 1. The summed E-state index contributed by atoms with van der Waals surface area (Å²) in [5.74, 6) is -1.31. The van der Waals surface area contributed by atoms with Gasteiger partial charge in [-0.3, -0.25) is 4.79 Å². The van der Waals surface area contributed by atoms with Crippen molar-refractivity contribution < 1.29 is 19.4 Å². The molecule has 0 saturated heterocycles. The molecule has 1 saturated carbocycles. The molecule has 0 spiro atoms. The number of nitrogens with one attached hydrogen (secondary N) is 1. The molecule has 21 heavy (non-hydrogen) atoms. The van der Waals surface area contributed by atoms with Gasteiger partial charge in [0.1, 0.15) is 21.5 Å². The van der Waals surface area contributed by atoms with Crippen molar-refractivity contribution in [2.24, 2.45) is 0 Å². The fourth-order valence-corrected chi connectivity index (χ4v) is 3.54. The summed E-state index contributed by atoms with van der Waals surface area (Å²) in [5.41, 5.74) is -0.518. The monoisotopic (exact) mass is 312 g/mol. The van der Waals surface area contributed by atoms with Crippen molar-refractivity contribution in [3.05, 3.63) is 15.6 Å². The molecule has 2 rings (SSSR count). The second kappa shape index (κ2) is 6.11. The second-order valence-electron chi connectivity index (χ2n) is 5.39. The minimum absolute atomic E-state index is 0.185. The molecular formula is C14H20N2O4S. The first-order valence-electron chi connectivity index (χ1n) is 6.95. The molecule has 0 aliphatic heterocycles. The topological polar surface area (TPSA) is 88.5 Å². The Kier molecular flexibility index (Phi) is 4.63. The zero-order chi connectivity index (χ0) is 15.6. The van der Waals surface area contributed by atoms with Crippen LogP contribution in [0.4, 0.5) is 0 Å². The van der Waals surface area contributed by atoms with E-state index in [4.69, 9.17) is 4.74 Å². The molecule has 0 unspecified atom stereocenters. The van der Waals surface area contributed by atoms with Crippen LogP contribution >= 0.6 is 11.3 Å². The SMILES string of the molecule is CO[C@@H](C)c1nc(C)c(C(=O)NC2(C(=O)O)CCCC2)s1. The summed E-state index contributed by atoms with van der Waals surface area (Å²) in [4.78, 5) is 28.7. The third-order valence-electron chi connectivity index (χ3n) is 3.94. The fraction of sp³-hybridized carbons (Fsp3) is 0.643. The van der Waals surface area contributed by atoms with E-state index in [1.54, 1.807) is 14.0 Å². The van der Waals surface area contributed by atoms with Gasteiger partial charge in [-0.15, -0.1) is 11.3 Å². The van der Waals surface area contributed by atoms with Gasteiger partial charge >= 0.3 is 5.97 Å². The summed E-state index contributed by atoms with van der Waals surface area (Å²) in [6.07, 6.45) is 2.41. The van der Waals surface area contributed by atoms with Crippen molar-refractivity contribution in [1.29, 1.82) is 0 Å². The third kappa shape index (κ3) is 3.08. The zero-order valence-corrected chi connectivity index (χ0v) is 13.2. The zero-order valence-electron chi connectivity index (χ0n) is 12.4. The van der Waals surface area contributed by atoms with Crippen molar-refractivity contribution in [2.75, 3.05) is 7.11 Å². The molecule has 1 atom stereocenters. The number of nitrogens with zero attached hydrogens (tertiary/aromatic N) is 1. The summed E-state index contributed by atoms with van der Waals surface area (Å²) in [5, 5.41) is 12.8. The lowest BCUT2D eigenvalue weighted by molar-refractivity contribution is -0.144. The van der Waals surface area contributed by atoms with Gasteiger partial charge in [-0.25, -0.2) is 9.78 Å². The predicted octanol–water partition coefficient (Wildman–Crippen LogP) is 2.29. The molecule has 116 valence electrons. The first-order chi connectivity index (χ1) is 9.89. The first kappa shape index (κ1) is 15.9. The fourth-order valence-electron chi connectivity index (χ4n) is 2.55. The van der Waals surface area contributed by atoms with Crippen molar-refractivity contribution in [1.82, 2.24) is 10.3 Å². The highest BCUT2D eigenvalue weighted by Gasteiger charge is 2.43. The van der Waals surface area contributed by atoms with Gasteiger partial charge in [0.15, 0.2) is 0 Å². The van der Waals surface area contributed by atoms with Crippen LogP contribution in [0.1, 0.15) is 59.1 Å². The van der Waals surface area contributed by atoms with Crippen molar-refractivity contribution >= 4 is 23.2 Å². The summed E-state index contributed by atoms with van der Waals surface area (Å²) in [6.45, 7) is 3.61. The van der Waals surface area contributed by atoms with Crippen molar-refractivity contribution in [2.45, 2.75) is 51.2 Å². The highest BCUT2D eigenvalue weighted by Crippen LogP contribution is 2.31. The number of aryl methyl sites for hydroxylation is 1. The van der Waals surface area contributed by atoms with Crippen molar-refractivity contribution in [3.8, 4) is 0 Å². The van der Waals surface area contributed by atoms with Crippen LogP contribution in [-0.4, -0.2) is 34.6 Å². The van der Waals surface area contributed by atoms with Gasteiger partial charge < -0.3 is 15.2 Å². The Morgan fingerprint density at radius 3 is 2.57 bits per heavy atom. The molecule has 7 heteroatoms. The lowest BCUT2D eigenvalue weighted by Gasteiger charge is -2.25. The molecule has 1 aliphatic carbocycles. The maximum Gasteiger partial charge on any atom is 0.329 e. The van der Waals surface area contributed by atoms with Gasteiger partial charge in [-0.05, 0) is 26.7 Å². The van der Waals surface area contributed by atoms with Gasteiger partial charge in [0.25, 0.3) is 5.91 Å². The number of methoxy groups -OCH3 is 1.